The lowest BCUT2D eigenvalue weighted by Gasteiger charge is -2.26. The number of nitrogens with zero attached hydrogens (tertiary/aromatic N) is 1. The molecule has 1 N–H and O–H groups in total. The summed E-state index contributed by atoms with van der Waals surface area (Å²) in [6, 6.07) is 19.9. The molecule has 3 aromatic rings. The lowest BCUT2D eigenvalue weighted by atomic mass is 9.84. The lowest BCUT2D eigenvalue weighted by molar-refractivity contribution is -0.140. The Morgan fingerprint density at radius 1 is 1.00 bits per heavy atom. The molecule has 0 bridgehead atoms. The second kappa shape index (κ2) is 11.6. The smallest absolute Gasteiger partial charge is 0.295 e. The first-order valence-corrected chi connectivity index (χ1v) is 13.7. The number of ether oxygens (including phenoxy) is 2. The predicted octanol–water partition coefficient (Wildman–Crippen LogP) is 6.96. The molecule has 0 aliphatic carbocycles. The maximum absolute atomic E-state index is 13.5. The third kappa shape index (κ3) is 6.06. The van der Waals surface area contributed by atoms with Crippen molar-refractivity contribution in [2.75, 3.05) is 13.7 Å². The highest BCUT2D eigenvalue weighted by Gasteiger charge is 2.46. The van der Waals surface area contributed by atoms with Crippen LogP contribution in [0.5, 0.6) is 11.5 Å². The van der Waals surface area contributed by atoms with E-state index in [1.165, 1.54) is 0 Å². The number of methoxy groups -OCH3 is 1. The predicted molar refractivity (Wildman–Crippen MR) is 157 cm³/mol. The topological polar surface area (TPSA) is 76.1 Å². The van der Waals surface area contributed by atoms with Crippen molar-refractivity contribution in [3.05, 3.63) is 100 Å². The van der Waals surface area contributed by atoms with Gasteiger partial charge in [-0.15, -0.1) is 0 Å². The second-order valence-electron chi connectivity index (χ2n) is 11.9. The number of Topliss-reactive ketones (excluding diaryl/α,β-unsaturated/α-hetero) is 1. The van der Waals surface area contributed by atoms with Crippen molar-refractivity contribution in [1.29, 1.82) is 0 Å². The second-order valence-corrected chi connectivity index (χ2v) is 11.9. The van der Waals surface area contributed by atoms with Gasteiger partial charge in [-0.1, -0.05) is 76.6 Å². The van der Waals surface area contributed by atoms with Crippen LogP contribution in [-0.4, -0.2) is 35.4 Å². The molecular formula is C34H39NO5. The first-order valence-electron chi connectivity index (χ1n) is 13.7. The van der Waals surface area contributed by atoms with Crippen LogP contribution in [0.2, 0.25) is 0 Å². The molecule has 0 saturated carbocycles. The Morgan fingerprint density at radius 3 is 2.30 bits per heavy atom. The highest BCUT2D eigenvalue weighted by molar-refractivity contribution is 6.46. The molecule has 6 heteroatoms. The van der Waals surface area contributed by atoms with Crippen molar-refractivity contribution < 1.29 is 24.2 Å². The lowest BCUT2D eigenvalue weighted by Crippen LogP contribution is -2.29. The van der Waals surface area contributed by atoms with Gasteiger partial charge in [-0.25, -0.2) is 0 Å². The molecular weight excluding hydrogens is 502 g/mol. The molecule has 1 aliphatic heterocycles. The number of amides is 1. The van der Waals surface area contributed by atoms with Crippen molar-refractivity contribution in [1.82, 2.24) is 4.90 Å². The summed E-state index contributed by atoms with van der Waals surface area (Å²) in [7, 11) is 1.61. The number of hydrogen-bond acceptors (Lipinski definition) is 5. The van der Waals surface area contributed by atoms with E-state index in [2.05, 4.69) is 34.6 Å². The minimum Gasteiger partial charge on any atom is -0.507 e. The van der Waals surface area contributed by atoms with Gasteiger partial charge in [0.1, 0.15) is 17.3 Å². The summed E-state index contributed by atoms with van der Waals surface area (Å²) in [5.41, 5.74) is 3.78. The van der Waals surface area contributed by atoms with Gasteiger partial charge in [-0.3, -0.25) is 9.59 Å². The van der Waals surface area contributed by atoms with Gasteiger partial charge in [-0.05, 0) is 59.7 Å². The van der Waals surface area contributed by atoms with E-state index in [-0.39, 0.29) is 23.3 Å². The molecule has 40 heavy (non-hydrogen) atoms. The zero-order valence-corrected chi connectivity index (χ0v) is 24.4. The van der Waals surface area contributed by atoms with E-state index < -0.39 is 17.7 Å². The number of aliphatic hydroxyl groups is 1. The van der Waals surface area contributed by atoms with Crippen molar-refractivity contribution in [3.8, 4) is 11.5 Å². The van der Waals surface area contributed by atoms with Gasteiger partial charge in [-0.2, -0.15) is 0 Å². The monoisotopic (exact) mass is 541 g/mol. The van der Waals surface area contributed by atoms with Crippen LogP contribution in [0.1, 0.15) is 68.5 Å². The van der Waals surface area contributed by atoms with Gasteiger partial charge in [0.2, 0.25) is 0 Å². The zero-order chi connectivity index (χ0) is 29.2. The van der Waals surface area contributed by atoms with Gasteiger partial charge in [0.05, 0.1) is 25.3 Å². The first kappa shape index (κ1) is 28.9. The van der Waals surface area contributed by atoms with Crippen LogP contribution < -0.4 is 9.47 Å². The maximum atomic E-state index is 13.5. The fraction of sp³-hybridized carbons (Fsp3) is 0.353. The third-order valence-electron chi connectivity index (χ3n) is 7.04. The molecule has 0 aromatic heterocycles. The standard InChI is InChI=1S/C34H39NO5/c1-21(2)20-40-26-14-11-23(12-15-26)19-35-30(24-10-8-9-22(3)17-24)29(32(37)33(35)38)31(36)25-13-16-28(39-7)27(18-25)34(4,5)6/h8-18,21,30,36H,19-20H2,1-7H3/b31-29-. The Balaban J connectivity index is 1.79. The summed E-state index contributed by atoms with van der Waals surface area (Å²) in [6.07, 6.45) is 0. The fourth-order valence-corrected chi connectivity index (χ4v) is 4.98. The van der Waals surface area contributed by atoms with Gasteiger partial charge in [0, 0.05) is 17.7 Å². The molecule has 1 aliphatic rings. The Labute approximate surface area is 237 Å². The minimum atomic E-state index is -0.739. The Bertz CT molecular complexity index is 1430. The summed E-state index contributed by atoms with van der Waals surface area (Å²) < 4.78 is 11.4. The zero-order valence-electron chi connectivity index (χ0n) is 24.4. The number of carbonyl (C=O) groups excluding carboxylic acids is 2. The summed E-state index contributed by atoms with van der Waals surface area (Å²) in [6.45, 7) is 13.1. The summed E-state index contributed by atoms with van der Waals surface area (Å²) in [4.78, 5) is 28.6. The van der Waals surface area contributed by atoms with Gasteiger partial charge in [0.25, 0.3) is 11.7 Å². The van der Waals surface area contributed by atoms with Crippen molar-refractivity contribution >= 4 is 17.4 Å². The third-order valence-corrected chi connectivity index (χ3v) is 7.04. The van der Waals surface area contributed by atoms with Crippen LogP contribution in [0.25, 0.3) is 5.76 Å². The number of benzene rings is 3. The highest BCUT2D eigenvalue weighted by atomic mass is 16.5. The highest BCUT2D eigenvalue weighted by Crippen LogP contribution is 2.42. The quantitative estimate of drug-likeness (QED) is 0.190. The molecule has 1 saturated heterocycles. The molecule has 1 amide bonds. The molecule has 0 radical (unpaired) electrons. The van der Waals surface area contributed by atoms with Crippen LogP contribution in [-0.2, 0) is 21.5 Å². The van der Waals surface area contributed by atoms with Crippen molar-refractivity contribution in [3.63, 3.8) is 0 Å². The summed E-state index contributed by atoms with van der Waals surface area (Å²) in [5.74, 6) is 0.320. The van der Waals surface area contributed by atoms with E-state index in [0.29, 0.717) is 23.8 Å². The van der Waals surface area contributed by atoms with E-state index in [1.54, 1.807) is 24.1 Å². The fourth-order valence-electron chi connectivity index (χ4n) is 4.98. The van der Waals surface area contributed by atoms with Gasteiger partial charge in [0.15, 0.2) is 0 Å². The first-order chi connectivity index (χ1) is 18.9. The van der Waals surface area contributed by atoms with E-state index in [9.17, 15) is 14.7 Å². The number of hydrogen-bond donors (Lipinski definition) is 1. The Kier molecular flexibility index (Phi) is 8.38. The molecule has 1 heterocycles. The normalized spacial score (nSPS) is 17.0. The number of aryl methyl sites for hydroxylation is 1. The number of likely N-dealkylation sites (tertiary alicyclic amines) is 1. The number of carbonyl (C=O) groups is 2. The van der Waals surface area contributed by atoms with Crippen LogP contribution in [0.4, 0.5) is 0 Å². The summed E-state index contributed by atoms with van der Waals surface area (Å²) >= 11 is 0. The Morgan fingerprint density at radius 2 is 1.70 bits per heavy atom. The van der Waals surface area contributed by atoms with E-state index in [1.807, 2.05) is 61.5 Å². The Hall–Kier alpha value is -4.06. The summed E-state index contributed by atoms with van der Waals surface area (Å²) in [5, 5.41) is 11.6. The molecule has 1 atom stereocenters. The van der Waals surface area contributed by atoms with E-state index in [4.69, 9.17) is 9.47 Å². The number of rotatable bonds is 8. The molecule has 210 valence electrons. The number of aliphatic hydroxyl groups excluding tert-OH is 1. The van der Waals surface area contributed by atoms with Gasteiger partial charge >= 0.3 is 0 Å². The molecule has 1 unspecified atom stereocenters. The maximum Gasteiger partial charge on any atom is 0.295 e. The van der Waals surface area contributed by atoms with Crippen molar-refractivity contribution in [2.24, 2.45) is 5.92 Å². The van der Waals surface area contributed by atoms with Gasteiger partial charge < -0.3 is 19.5 Å². The SMILES string of the molecule is COc1ccc(/C(O)=C2/C(=O)C(=O)N(Cc3ccc(OCC(C)C)cc3)C2c2cccc(C)c2)cc1C(C)(C)C. The molecule has 1 fully saturated rings. The van der Waals surface area contributed by atoms with Crippen LogP contribution in [0.15, 0.2) is 72.3 Å². The molecule has 0 spiro atoms. The average molecular weight is 542 g/mol. The van der Waals surface area contributed by atoms with Crippen LogP contribution in [0, 0.1) is 12.8 Å². The largest absolute Gasteiger partial charge is 0.507 e. The van der Waals surface area contributed by atoms with Crippen molar-refractivity contribution in [2.45, 2.75) is 59.5 Å². The van der Waals surface area contributed by atoms with Crippen LogP contribution >= 0.6 is 0 Å². The number of ketones is 1. The van der Waals surface area contributed by atoms with E-state index >= 15 is 0 Å². The van der Waals surface area contributed by atoms with Crippen LogP contribution in [0.3, 0.4) is 0 Å². The van der Waals surface area contributed by atoms with E-state index in [0.717, 1.165) is 28.0 Å². The molecule has 3 aromatic carbocycles. The molecule has 6 nitrogen and oxygen atoms in total. The molecule has 4 rings (SSSR count). The average Bonchev–Trinajstić information content (AvgIpc) is 3.16. The minimum absolute atomic E-state index is 0.0810.